The summed E-state index contributed by atoms with van der Waals surface area (Å²) in [5.41, 5.74) is 23.8. The molecule has 0 unspecified atom stereocenters. The molecule has 0 bridgehead atoms. The number of rotatable bonds is 8. The van der Waals surface area contributed by atoms with Crippen LogP contribution in [0, 0.1) is 0 Å². The fourth-order valence-electron chi connectivity index (χ4n) is 14.6. The maximum absolute atomic E-state index is 6.84. The van der Waals surface area contributed by atoms with E-state index in [2.05, 4.69) is 301 Å². The van der Waals surface area contributed by atoms with E-state index in [0.29, 0.717) is 0 Å². The number of furan rings is 2. The lowest BCUT2D eigenvalue weighted by Crippen LogP contribution is -2.26. The molecule has 0 aliphatic heterocycles. The first-order chi connectivity index (χ1) is 42.1. The minimum Gasteiger partial charge on any atom is -0.454 e. The van der Waals surface area contributed by atoms with Crippen molar-refractivity contribution in [1.29, 1.82) is 0 Å². The molecule has 16 aromatic rings. The van der Waals surface area contributed by atoms with Crippen molar-refractivity contribution in [2.24, 2.45) is 0 Å². The third kappa shape index (κ3) is 7.03. The Morgan fingerprint density at radius 2 is 0.706 bits per heavy atom. The van der Waals surface area contributed by atoms with E-state index >= 15 is 0 Å². The smallest absolute Gasteiger partial charge is 0.159 e. The van der Waals surface area contributed by atoms with Gasteiger partial charge in [-0.05, 0) is 173 Å². The highest BCUT2D eigenvalue weighted by Gasteiger charge is 2.52. The van der Waals surface area contributed by atoms with E-state index in [1.165, 1.54) is 55.3 Å². The fourth-order valence-corrected chi connectivity index (χ4v) is 14.6. The van der Waals surface area contributed by atoms with Crippen molar-refractivity contribution in [2.45, 2.75) is 5.41 Å². The number of hydrogen-bond donors (Lipinski definition) is 0. The molecule has 4 nitrogen and oxygen atoms in total. The Kier molecular flexibility index (Phi) is 10.3. The summed E-state index contributed by atoms with van der Waals surface area (Å²) in [4.78, 5) is 4.77. The Bertz CT molecular complexity index is 5360. The fraction of sp³-hybridized carbons (Fsp3) is 0.0123. The van der Waals surface area contributed by atoms with Crippen LogP contribution in [-0.2, 0) is 5.41 Å². The van der Waals surface area contributed by atoms with Crippen LogP contribution in [0.3, 0.4) is 0 Å². The second-order valence-corrected chi connectivity index (χ2v) is 22.7. The summed E-state index contributed by atoms with van der Waals surface area (Å²) in [5.74, 6) is 0. The molecule has 0 saturated heterocycles. The van der Waals surface area contributed by atoms with Gasteiger partial charge in [0, 0.05) is 44.3 Å². The molecule has 0 N–H and O–H groups in total. The van der Waals surface area contributed by atoms with Crippen molar-refractivity contribution in [3.05, 3.63) is 326 Å². The molecule has 18 rings (SSSR count). The number of benzene rings is 14. The van der Waals surface area contributed by atoms with Gasteiger partial charge >= 0.3 is 0 Å². The third-order valence-electron chi connectivity index (χ3n) is 18.2. The van der Waals surface area contributed by atoms with Crippen LogP contribution in [0.1, 0.15) is 22.3 Å². The third-order valence-corrected chi connectivity index (χ3v) is 18.2. The molecule has 0 atom stereocenters. The lowest BCUT2D eigenvalue weighted by Gasteiger charge is -2.32. The molecule has 2 heterocycles. The maximum atomic E-state index is 6.84. The van der Waals surface area contributed by atoms with E-state index in [1.54, 1.807) is 0 Å². The summed E-state index contributed by atoms with van der Waals surface area (Å²) in [6.45, 7) is 0. The zero-order valence-corrected chi connectivity index (χ0v) is 46.1. The van der Waals surface area contributed by atoms with Gasteiger partial charge in [-0.2, -0.15) is 0 Å². The minimum atomic E-state index is -0.629. The topological polar surface area (TPSA) is 32.8 Å². The van der Waals surface area contributed by atoms with Crippen LogP contribution in [0.5, 0.6) is 0 Å². The van der Waals surface area contributed by atoms with Crippen molar-refractivity contribution in [2.75, 3.05) is 9.80 Å². The highest BCUT2D eigenvalue weighted by Crippen LogP contribution is 2.65. The molecule has 4 heteroatoms. The van der Waals surface area contributed by atoms with E-state index in [9.17, 15) is 0 Å². The summed E-state index contributed by atoms with van der Waals surface area (Å²) >= 11 is 0. The second kappa shape index (κ2) is 18.4. The molecule has 85 heavy (non-hydrogen) atoms. The molecule has 2 aromatic heterocycles. The Balaban J connectivity index is 0.854. The van der Waals surface area contributed by atoms with Crippen LogP contribution in [0.25, 0.3) is 110 Å². The van der Waals surface area contributed by atoms with E-state index in [1.807, 2.05) is 12.1 Å². The Labute approximate surface area is 490 Å². The van der Waals surface area contributed by atoms with Gasteiger partial charge < -0.3 is 18.6 Å². The van der Waals surface area contributed by atoms with Crippen LogP contribution >= 0.6 is 0 Å². The van der Waals surface area contributed by atoms with Crippen LogP contribution in [0.15, 0.2) is 312 Å². The average molecular weight is 1080 g/mol. The summed E-state index contributed by atoms with van der Waals surface area (Å²) in [6.07, 6.45) is 0. The first-order valence-corrected chi connectivity index (χ1v) is 29.2. The highest BCUT2D eigenvalue weighted by molar-refractivity contribution is 6.13. The molecule has 2 aliphatic carbocycles. The summed E-state index contributed by atoms with van der Waals surface area (Å²) < 4.78 is 13.7. The largest absolute Gasteiger partial charge is 0.454 e. The zero-order chi connectivity index (χ0) is 55.7. The van der Waals surface area contributed by atoms with Crippen molar-refractivity contribution < 1.29 is 8.83 Å². The molecule has 0 amide bonds. The SMILES string of the molecule is c1ccc(-c2cccc(N(c3ccc4cc5c(cc4c3)C3(c4ccccc4-c4ccccc43)c3c-5ccc4cc(N(c5cccc(-c6ccccc6)c5)c5cccc6c5oc5ccccc56)ccc34)c3cccc4c3oc3ccccc34)c2)cc1. The van der Waals surface area contributed by atoms with Crippen LogP contribution in [0.2, 0.25) is 0 Å². The van der Waals surface area contributed by atoms with E-state index < -0.39 is 5.41 Å². The molecule has 0 saturated carbocycles. The standard InChI is InChI=1S/C81H50N2O2/c1-3-19-51(20-4-1)53-23-15-25-58(45-53)82(74-35-17-31-68-65-29-9-13-37-76(65)84-79(68)74)60-41-39-55-49-70-67-43-40-56-47-61(42-44-62(56)78(67)81(73(70)50-57(55)48-60)71-33-11-7-27-63(71)64-28-8-12-34-72(64)81)83(59-26-16-24-54(46-59)52-21-5-2-6-22-52)75-36-18-32-69-66-30-10-14-38-77(66)85-80(69)75/h1-50H. The second-order valence-electron chi connectivity index (χ2n) is 22.7. The molecule has 0 radical (unpaired) electrons. The summed E-state index contributed by atoms with van der Waals surface area (Å²) in [5, 5.41) is 9.08. The Hall–Kier alpha value is -11.2. The summed E-state index contributed by atoms with van der Waals surface area (Å²) in [6, 6.07) is 111. The van der Waals surface area contributed by atoms with Crippen molar-refractivity contribution in [3.63, 3.8) is 0 Å². The van der Waals surface area contributed by atoms with E-state index in [-0.39, 0.29) is 0 Å². The Morgan fingerprint density at radius 1 is 0.247 bits per heavy atom. The van der Waals surface area contributed by atoms with Gasteiger partial charge in [0.15, 0.2) is 11.2 Å². The number of anilines is 6. The first kappa shape index (κ1) is 47.4. The van der Waals surface area contributed by atoms with Gasteiger partial charge in [-0.15, -0.1) is 0 Å². The van der Waals surface area contributed by atoms with Gasteiger partial charge in [0.05, 0.1) is 16.8 Å². The van der Waals surface area contributed by atoms with Crippen molar-refractivity contribution >= 4 is 99.5 Å². The molecule has 396 valence electrons. The van der Waals surface area contributed by atoms with E-state index in [0.717, 1.165) is 111 Å². The molecule has 0 fully saturated rings. The molecule has 1 spiro atoms. The van der Waals surface area contributed by atoms with Gasteiger partial charge in [-0.3, -0.25) is 0 Å². The molecule has 14 aromatic carbocycles. The van der Waals surface area contributed by atoms with Gasteiger partial charge in [-0.25, -0.2) is 0 Å². The quantitative estimate of drug-likeness (QED) is 0.152. The number of fused-ring (bicyclic) bond motifs is 19. The van der Waals surface area contributed by atoms with Gasteiger partial charge in [-0.1, -0.05) is 218 Å². The lowest BCUT2D eigenvalue weighted by atomic mass is 9.69. The predicted molar refractivity (Wildman–Crippen MR) is 353 cm³/mol. The molecular formula is C81H50N2O2. The van der Waals surface area contributed by atoms with Crippen LogP contribution in [0.4, 0.5) is 34.1 Å². The van der Waals surface area contributed by atoms with Crippen molar-refractivity contribution in [3.8, 4) is 44.5 Å². The van der Waals surface area contributed by atoms with Gasteiger partial charge in [0.25, 0.3) is 0 Å². The maximum Gasteiger partial charge on any atom is 0.159 e. The predicted octanol–water partition coefficient (Wildman–Crippen LogP) is 22.4. The monoisotopic (exact) mass is 1080 g/mol. The first-order valence-electron chi connectivity index (χ1n) is 29.2. The average Bonchev–Trinajstić information content (AvgIpc) is 1.58. The Morgan fingerprint density at radius 3 is 1.29 bits per heavy atom. The van der Waals surface area contributed by atoms with Crippen LogP contribution < -0.4 is 9.80 Å². The minimum absolute atomic E-state index is 0.629. The normalized spacial score (nSPS) is 12.8. The van der Waals surface area contributed by atoms with Gasteiger partial charge in [0.1, 0.15) is 11.2 Å². The highest BCUT2D eigenvalue weighted by atomic mass is 16.3. The number of para-hydroxylation sites is 4. The number of hydrogen-bond acceptors (Lipinski definition) is 4. The molecular weight excluding hydrogens is 1030 g/mol. The van der Waals surface area contributed by atoms with E-state index in [4.69, 9.17) is 8.83 Å². The lowest BCUT2D eigenvalue weighted by molar-refractivity contribution is 0.668. The number of nitrogens with zero attached hydrogens (tertiary/aromatic N) is 2. The zero-order valence-electron chi connectivity index (χ0n) is 46.1. The summed E-state index contributed by atoms with van der Waals surface area (Å²) in [7, 11) is 0. The van der Waals surface area contributed by atoms with Crippen molar-refractivity contribution in [1.82, 2.24) is 0 Å². The molecule has 2 aliphatic rings. The van der Waals surface area contributed by atoms with Crippen LogP contribution in [-0.4, -0.2) is 0 Å². The van der Waals surface area contributed by atoms with Gasteiger partial charge in [0.2, 0.25) is 0 Å².